The first-order valence-electron chi connectivity index (χ1n) is 4.86. The van der Waals surface area contributed by atoms with E-state index in [-0.39, 0.29) is 5.78 Å². The fourth-order valence-electron chi connectivity index (χ4n) is 2.02. The third-order valence-corrected chi connectivity index (χ3v) is 2.70. The van der Waals surface area contributed by atoms with Gasteiger partial charge in [0, 0.05) is 6.42 Å². The molecule has 0 saturated heterocycles. The molecule has 0 amide bonds. The van der Waals surface area contributed by atoms with Crippen LogP contribution in [0.15, 0.2) is 34.9 Å². The molecule has 0 fully saturated rings. The number of hydrogen-bond donors (Lipinski definition) is 0. The first kappa shape index (κ1) is 8.49. The first-order valence-corrected chi connectivity index (χ1v) is 4.86. The Balaban J connectivity index is 2.38. The largest absolute Gasteiger partial charge is 0.294 e. The van der Waals surface area contributed by atoms with Crippen molar-refractivity contribution in [2.45, 2.75) is 32.6 Å². The quantitative estimate of drug-likeness (QED) is 0.551. The highest BCUT2D eigenvalue weighted by molar-refractivity contribution is 5.92. The molecule has 2 rings (SSSR count). The van der Waals surface area contributed by atoms with Gasteiger partial charge in [-0.05, 0) is 37.8 Å². The molecule has 0 aromatic heterocycles. The summed E-state index contributed by atoms with van der Waals surface area (Å²) in [7, 11) is 0. The predicted octanol–water partition coefficient (Wildman–Crippen LogP) is 2.94. The van der Waals surface area contributed by atoms with Crippen LogP contribution in [0.4, 0.5) is 0 Å². The summed E-state index contributed by atoms with van der Waals surface area (Å²) in [4.78, 5) is 11.4. The molecule has 0 saturated carbocycles. The molecule has 68 valence electrons. The Morgan fingerprint density at radius 3 is 2.92 bits per heavy atom. The van der Waals surface area contributed by atoms with Crippen LogP contribution in [-0.2, 0) is 4.79 Å². The second kappa shape index (κ2) is 3.33. The Kier molecular flexibility index (Phi) is 2.17. The summed E-state index contributed by atoms with van der Waals surface area (Å²) in [6.07, 6.45) is 10.0. The van der Waals surface area contributed by atoms with Gasteiger partial charge in [0.15, 0.2) is 5.78 Å². The molecule has 0 spiro atoms. The summed E-state index contributed by atoms with van der Waals surface area (Å²) >= 11 is 0. The predicted molar refractivity (Wildman–Crippen MR) is 53.4 cm³/mol. The summed E-state index contributed by atoms with van der Waals surface area (Å²) in [6.45, 7) is 2.05. The van der Waals surface area contributed by atoms with E-state index in [1.54, 1.807) is 6.08 Å². The Labute approximate surface area is 78.8 Å². The molecule has 0 N–H and O–H groups in total. The van der Waals surface area contributed by atoms with Gasteiger partial charge in [0.25, 0.3) is 0 Å². The molecule has 0 heterocycles. The highest BCUT2D eigenvalue weighted by Gasteiger charge is 2.15. The van der Waals surface area contributed by atoms with Crippen LogP contribution < -0.4 is 0 Å². The van der Waals surface area contributed by atoms with E-state index in [1.807, 2.05) is 6.08 Å². The van der Waals surface area contributed by atoms with E-state index < -0.39 is 0 Å². The maximum absolute atomic E-state index is 11.4. The second-order valence-corrected chi connectivity index (χ2v) is 3.85. The van der Waals surface area contributed by atoms with E-state index in [9.17, 15) is 4.79 Å². The Morgan fingerprint density at radius 1 is 1.23 bits per heavy atom. The van der Waals surface area contributed by atoms with Crippen molar-refractivity contribution >= 4 is 5.78 Å². The van der Waals surface area contributed by atoms with Gasteiger partial charge in [-0.1, -0.05) is 23.3 Å². The third-order valence-electron chi connectivity index (χ3n) is 2.70. The molecule has 1 nitrogen and oxygen atoms in total. The highest BCUT2D eigenvalue weighted by atomic mass is 16.1. The van der Waals surface area contributed by atoms with Gasteiger partial charge in [0.1, 0.15) is 0 Å². The first-order chi connectivity index (χ1) is 6.25. The van der Waals surface area contributed by atoms with Gasteiger partial charge in [0.05, 0.1) is 0 Å². The molecule has 1 heteroatoms. The molecular weight excluding hydrogens is 160 g/mol. The summed E-state index contributed by atoms with van der Waals surface area (Å²) < 4.78 is 0. The highest BCUT2D eigenvalue weighted by Crippen LogP contribution is 2.31. The summed E-state index contributed by atoms with van der Waals surface area (Å²) in [5.41, 5.74) is 3.98. The van der Waals surface area contributed by atoms with Gasteiger partial charge in [-0.25, -0.2) is 0 Å². The van der Waals surface area contributed by atoms with Crippen molar-refractivity contribution in [2.24, 2.45) is 0 Å². The van der Waals surface area contributed by atoms with E-state index in [1.165, 1.54) is 23.1 Å². The van der Waals surface area contributed by atoms with Gasteiger partial charge >= 0.3 is 0 Å². The smallest absolute Gasteiger partial charge is 0.159 e. The van der Waals surface area contributed by atoms with Crippen LogP contribution in [-0.4, -0.2) is 5.78 Å². The lowest BCUT2D eigenvalue weighted by atomic mass is 10.00. The SMILES string of the molecule is CC1=C/C2=C(CCC2)CC(=O)/C=C\1. The van der Waals surface area contributed by atoms with Gasteiger partial charge in [-0.2, -0.15) is 0 Å². The van der Waals surface area contributed by atoms with E-state index in [0.29, 0.717) is 6.42 Å². The second-order valence-electron chi connectivity index (χ2n) is 3.85. The van der Waals surface area contributed by atoms with Gasteiger partial charge in [0.2, 0.25) is 0 Å². The van der Waals surface area contributed by atoms with Crippen molar-refractivity contribution in [3.8, 4) is 0 Å². The van der Waals surface area contributed by atoms with Crippen LogP contribution in [0.5, 0.6) is 0 Å². The zero-order valence-electron chi connectivity index (χ0n) is 7.97. The summed E-state index contributed by atoms with van der Waals surface area (Å²) in [5, 5.41) is 0. The topological polar surface area (TPSA) is 17.1 Å². The molecular formula is C12H14O. The third kappa shape index (κ3) is 1.80. The van der Waals surface area contributed by atoms with Crippen LogP contribution in [0.25, 0.3) is 0 Å². The number of rotatable bonds is 0. The zero-order chi connectivity index (χ0) is 9.26. The lowest BCUT2D eigenvalue weighted by Crippen LogP contribution is -1.97. The van der Waals surface area contributed by atoms with E-state index in [0.717, 1.165) is 12.8 Å². The molecule has 0 aromatic rings. The van der Waals surface area contributed by atoms with Crippen LogP contribution in [0, 0.1) is 0 Å². The maximum atomic E-state index is 11.4. The van der Waals surface area contributed by atoms with Gasteiger partial charge < -0.3 is 0 Å². The average Bonchev–Trinajstić information content (AvgIpc) is 2.47. The van der Waals surface area contributed by atoms with Gasteiger partial charge in [-0.3, -0.25) is 4.79 Å². The average molecular weight is 174 g/mol. The van der Waals surface area contributed by atoms with Crippen molar-refractivity contribution in [2.75, 3.05) is 0 Å². The molecule has 2 aliphatic rings. The monoisotopic (exact) mass is 174 g/mol. The molecule has 0 bridgehead atoms. The molecule has 2 aliphatic carbocycles. The number of allylic oxidation sites excluding steroid dienone is 6. The Bertz CT molecular complexity index is 329. The molecule has 0 aromatic carbocycles. The molecule has 0 atom stereocenters. The van der Waals surface area contributed by atoms with Crippen molar-refractivity contribution in [3.05, 3.63) is 34.9 Å². The van der Waals surface area contributed by atoms with Crippen molar-refractivity contribution in [1.29, 1.82) is 0 Å². The number of hydrogen-bond acceptors (Lipinski definition) is 1. The lowest BCUT2D eigenvalue weighted by molar-refractivity contribution is -0.114. The fraction of sp³-hybridized carbons (Fsp3) is 0.417. The normalized spacial score (nSPS) is 29.0. The van der Waals surface area contributed by atoms with Crippen LogP contribution >= 0.6 is 0 Å². The lowest BCUT2D eigenvalue weighted by Gasteiger charge is -2.05. The van der Waals surface area contributed by atoms with Gasteiger partial charge in [-0.15, -0.1) is 0 Å². The van der Waals surface area contributed by atoms with E-state index in [2.05, 4.69) is 13.0 Å². The number of carbonyl (C=O) groups is 1. The molecule has 13 heavy (non-hydrogen) atoms. The molecule has 0 aliphatic heterocycles. The zero-order valence-corrected chi connectivity index (χ0v) is 7.97. The minimum atomic E-state index is 0.252. The van der Waals surface area contributed by atoms with Crippen molar-refractivity contribution < 1.29 is 4.79 Å². The van der Waals surface area contributed by atoms with Crippen LogP contribution in [0.2, 0.25) is 0 Å². The van der Waals surface area contributed by atoms with E-state index >= 15 is 0 Å². The Hall–Kier alpha value is -1.11. The maximum Gasteiger partial charge on any atom is 0.159 e. The van der Waals surface area contributed by atoms with Crippen molar-refractivity contribution in [3.63, 3.8) is 0 Å². The van der Waals surface area contributed by atoms with E-state index in [4.69, 9.17) is 0 Å². The van der Waals surface area contributed by atoms with Crippen molar-refractivity contribution in [1.82, 2.24) is 0 Å². The molecule has 0 unspecified atom stereocenters. The number of carbonyl (C=O) groups excluding carboxylic acids is 1. The standard InChI is InChI=1S/C12H14O/c1-9-5-6-12(13)8-11-4-2-3-10(11)7-9/h5-7H,2-4,8H2,1H3/b6-5-,9-7-. The minimum absolute atomic E-state index is 0.252. The summed E-state index contributed by atoms with van der Waals surface area (Å²) in [5.74, 6) is 0.252. The molecule has 0 radical (unpaired) electrons. The number of ketones is 1. The Morgan fingerprint density at radius 2 is 2.08 bits per heavy atom. The van der Waals surface area contributed by atoms with Crippen LogP contribution in [0.3, 0.4) is 0 Å². The van der Waals surface area contributed by atoms with Crippen LogP contribution in [0.1, 0.15) is 32.6 Å². The fourth-order valence-corrected chi connectivity index (χ4v) is 2.02. The summed E-state index contributed by atoms with van der Waals surface area (Å²) in [6, 6.07) is 0. The minimum Gasteiger partial charge on any atom is -0.294 e.